The number of carbonyl (C=O) groups is 2. The minimum Gasteiger partial charge on any atom is -0.481 e. The Balaban J connectivity index is 2.35. The number of nitrogens with zero attached hydrogens (tertiary/aromatic N) is 3. The zero-order valence-electron chi connectivity index (χ0n) is 12.2. The molecule has 0 radical (unpaired) electrons. The van der Waals surface area contributed by atoms with Crippen molar-refractivity contribution in [3.8, 4) is 0 Å². The van der Waals surface area contributed by atoms with Crippen molar-refractivity contribution in [2.75, 3.05) is 6.54 Å². The van der Waals surface area contributed by atoms with E-state index in [0.29, 0.717) is 13.0 Å². The maximum atomic E-state index is 11.7. The molecule has 0 aliphatic rings. The number of hydrogen-bond donors (Lipinski definition) is 2. The SMILES string of the molecule is CC(C)(C)CC(CNC(=O)CCn1ccnn1)C(=O)O. The minimum absolute atomic E-state index is 0.0888. The van der Waals surface area contributed by atoms with Crippen molar-refractivity contribution in [3.05, 3.63) is 12.4 Å². The number of hydrogen-bond acceptors (Lipinski definition) is 4. The van der Waals surface area contributed by atoms with Gasteiger partial charge in [0.1, 0.15) is 0 Å². The molecule has 20 heavy (non-hydrogen) atoms. The molecular weight excluding hydrogens is 260 g/mol. The molecule has 2 N–H and O–H groups in total. The summed E-state index contributed by atoms with van der Waals surface area (Å²) < 4.78 is 1.56. The van der Waals surface area contributed by atoms with Crippen LogP contribution >= 0.6 is 0 Å². The number of aryl methyl sites for hydroxylation is 1. The molecule has 0 aliphatic carbocycles. The molecule has 0 fully saturated rings. The van der Waals surface area contributed by atoms with Crippen molar-refractivity contribution in [2.24, 2.45) is 11.3 Å². The Hall–Kier alpha value is -1.92. The highest BCUT2D eigenvalue weighted by atomic mass is 16.4. The summed E-state index contributed by atoms with van der Waals surface area (Å²) in [5.74, 6) is -1.62. The van der Waals surface area contributed by atoms with Crippen LogP contribution in [0, 0.1) is 11.3 Å². The molecule has 1 heterocycles. The number of rotatable bonds is 7. The van der Waals surface area contributed by atoms with Gasteiger partial charge in [-0.15, -0.1) is 5.10 Å². The fourth-order valence-corrected chi connectivity index (χ4v) is 1.88. The number of amides is 1. The van der Waals surface area contributed by atoms with Crippen LogP contribution < -0.4 is 5.32 Å². The highest BCUT2D eigenvalue weighted by Gasteiger charge is 2.24. The lowest BCUT2D eigenvalue weighted by atomic mass is 9.84. The molecule has 1 amide bonds. The van der Waals surface area contributed by atoms with Gasteiger partial charge in [-0.2, -0.15) is 0 Å². The third-order valence-corrected chi connectivity index (χ3v) is 2.79. The predicted molar refractivity (Wildman–Crippen MR) is 72.8 cm³/mol. The Labute approximate surface area is 118 Å². The number of aliphatic carboxylic acids is 1. The van der Waals surface area contributed by atoms with Gasteiger partial charge < -0.3 is 10.4 Å². The highest BCUT2D eigenvalue weighted by Crippen LogP contribution is 2.24. The summed E-state index contributed by atoms with van der Waals surface area (Å²) in [6.07, 6.45) is 3.99. The third kappa shape index (κ3) is 6.31. The topological polar surface area (TPSA) is 97.1 Å². The molecular formula is C13H22N4O3. The molecule has 1 aromatic rings. The van der Waals surface area contributed by atoms with E-state index in [1.165, 1.54) is 0 Å². The maximum Gasteiger partial charge on any atom is 0.308 e. The summed E-state index contributed by atoms with van der Waals surface area (Å²) in [5.41, 5.74) is -0.0888. The van der Waals surface area contributed by atoms with Gasteiger partial charge >= 0.3 is 5.97 Å². The minimum atomic E-state index is -0.878. The second kappa shape index (κ2) is 7.02. The average Bonchev–Trinajstić information content (AvgIpc) is 2.83. The first-order valence-electron chi connectivity index (χ1n) is 6.61. The first-order chi connectivity index (χ1) is 9.28. The quantitative estimate of drug-likeness (QED) is 0.775. The highest BCUT2D eigenvalue weighted by molar-refractivity contribution is 5.77. The summed E-state index contributed by atoms with van der Waals surface area (Å²) in [4.78, 5) is 22.8. The van der Waals surface area contributed by atoms with Crippen LogP contribution in [0.5, 0.6) is 0 Å². The Kier molecular flexibility index (Phi) is 5.66. The van der Waals surface area contributed by atoms with Gasteiger partial charge in [0, 0.05) is 19.2 Å². The van der Waals surface area contributed by atoms with Gasteiger partial charge in [-0.1, -0.05) is 26.0 Å². The summed E-state index contributed by atoms with van der Waals surface area (Å²) >= 11 is 0. The van der Waals surface area contributed by atoms with E-state index in [4.69, 9.17) is 5.11 Å². The molecule has 0 spiro atoms. The van der Waals surface area contributed by atoms with Gasteiger partial charge in [0.2, 0.25) is 5.91 Å². The molecule has 1 aromatic heterocycles. The van der Waals surface area contributed by atoms with Crippen LogP contribution in [-0.4, -0.2) is 38.5 Å². The number of carboxylic acids is 1. The van der Waals surface area contributed by atoms with Gasteiger partial charge in [-0.3, -0.25) is 14.3 Å². The predicted octanol–water partition coefficient (Wildman–Crippen LogP) is 0.921. The summed E-state index contributed by atoms with van der Waals surface area (Å²) in [5, 5.41) is 19.2. The van der Waals surface area contributed by atoms with Crippen molar-refractivity contribution in [1.29, 1.82) is 0 Å². The Morgan fingerprint density at radius 2 is 2.10 bits per heavy atom. The third-order valence-electron chi connectivity index (χ3n) is 2.79. The molecule has 0 aliphatic heterocycles. The van der Waals surface area contributed by atoms with E-state index >= 15 is 0 Å². The van der Waals surface area contributed by atoms with E-state index in [2.05, 4.69) is 15.6 Å². The van der Waals surface area contributed by atoms with Crippen molar-refractivity contribution >= 4 is 11.9 Å². The summed E-state index contributed by atoms with van der Waals surface area (Å²) in [6, 6.07) is 0. The van der Waals surface area contributed by atoms with E-state index in [1.807, 2.05) is 20.8 Å². The van der Waals surface area contributed by atoms with Crippen molar-refractivity contribution < 1.29 is 14.7 Å². The molecule has 0 saturated heterocycles. The normalized spacial score (nSPS) is 12.9. The second-order valence-electron chi connectivity index (χ2n) is 6.02. The Morgan fingerprint density at radius 1 is 1.40 bits per heavy atom. The van der Waals surface area contributed by atoms with E-state index in [0.717, 1.165) is 0 Å². The molecule has 7 nitrogen and oxygen atoms in total. The fourth-order valence-electron chi connectivity index (χ4n) is 1.88. The average molecular weight is 282 g/mol. The monoisotopic (exact) mass is 282 g/mol. The van der Waals surface area contributed by atoms with Crippen LogP contribution in [0.1, 0.15) is 33.6 Å². The molecule has 1 rings (SSSR count). The van der Waals surface area contributed by atoms with Gasteiger partial charge in [-0.05, 0) is 11.8 Å². The lowest BCUT2D eigenvalue weighted by molar-refractivity contribution is -0.142. The molecule has 7 heteroatoms. The Bertz CT molecular complexity index is 437. The lowest BCUT2D eigenvalue weighted by Gasteiger charge is -2.23. The van der Waals surface area contributed by atoms with Crippen molar-refractivity contribution in [3.63, 3.8) is 0 Å². The molecule has 0 aromatic carbocycles. The van der Waals surface area contributed by atoms with Gasteiger partial charge in [-0.25, -0.2) is 0 Å². The van der Waals surface area contributed by atoms with Crippen LogP contribution in [0.15, 0.2) is 12.4 Å². The second-order valence-corrected chi connectivity index (χ2v) is 6.02. The van der Waals surface area contributed by atoms with E-state index in [9.17, 15) is 9.59 Å². The Morgan fingerprint density at radius 3 is 2.60 bits per heavy atom. The lowest BCUT2D eigenvalue weighted by Crippen LogP contribution is -2.35. The van der Waals surface area contributed by atoms with E-state index in [-0.39, 0.29) is 24.3 Å². The van der Waals surface area contributed by atoms with Crippen molar-refractivity contribution in [2.45, 2.75) is 40.2 Å². The van der Waals surface area contributed by atoms with E-state index < -0.39 is 11.9 Å². The van der Waals surface area contributed by atoms with Crippen LogP contribution in [0.2, 0.25) is 0 Å². The molecule has 1 unspecified atom stereocenters. The van der Waals surface area contributed by atoms with E-state index in [1.54, 1.807) is 17.1 Å². The molecule has 0 bridgehead atoms. The largest absolute Gasteiger partial charge is 0.481 e. The number of nitrogens with one attached hydrogen (secondary N) is 1. The first kappa shape index (κ1) is 16.1. The van der Waals surface area contributed by atoms with Crippen LogP contribution in [0.25, 0.3) is 0 Å². The zero-order valence-corrected chi connectivity index (χ0v) is 12.2. The van der Waals surface area contributed by atoms with Crippen LogP contribution in [-0.2, 0) is 16.1 Å². The molecule has 1 atom stereocenters. The maximum absolute atomic E-state index is 11.7. The molecule has 112 valence electrons. The number of carbonyl (C=O) groups excluding carboxylic acids is 1. The summed E-state index contributed by atoms with van der Waals surface area (Å²) in [6.45, 7) is 6.53. The van der Waals surface area contributed by atoms with Gasteiger partial charge in [0.15, 0.2) is 0 Å². The van der Waals surface area contributed by atoms with Gasteiger partial charge in [0.25, 0.3) is 0 Å². The molecule has 0 saturated carbocycles. The fraction of sp³-hybridized carbons (Fsp3) is 0.692. The van der Waals surface area contributed by atoms with Gasteiger partial charge in [0.05, 0.1) is 18.7 Å². The number of aromatic nitrogens is 3. The first-order valence-corrected chi connectivity index (χ1v) is 6.61. The standard InChI is InChI=1S/C13H22N4O3/c1-13(2,3)8-10(12(19)20)9-14-11(18)4-6-17-7-5-15-16-17/h5,7,10H,4,6,8-9H2,1-3H3,(H,14,18)(H,19,20). The number of carboxylic acid groups (broad SMARTS) is 1. The van der Waals surface area contributed by atoms with Crippen molar-refractivity contribution in [1.82, 2.24) is 20.3 Å². The summed E-state index contributed by atoms with van der Waals surface area (Å²) in [7, 11) is 0. The zero-order chi connectivity index (χ0) is 15.2. The smallest absolute Gasteiger partial charge is 0.308 e. The van der Waals surface area contributed by atoms with Crippen LogP contribution in [0.3, 0.4) is 0 Å². The van der Waals surface area contributed by atoms with Crippen LogP contribution in [0.4, 0.5) is 0 Å².